The Labute approximate surface area is 120 Å². The van der Waals surface area contributed by atoms with E-state index in [0.717, 1.165) is 10.6 Å². The summed E-state index contributed by atoms with van der Waals surface area (Å²) in [6.07, 6.45) is -3.94. The zero-order valence-corrected chi connectivity index (χ0v) is 10.9. The van der Waals surface area contributed by atoms with E-state index in [2.05, 4.69) is 4.98 Å². The normalized spacial score (nSPS) is 12.0. The van der Waals surface area contributed by atoms with Gasteiger partial charge in [-0.3, -0.25) is 0 Å². The van der Waals surface area contributed by atoms with Crippen molar-refractivity contribution in [3.05, 3.63) is 57.7 Å². The predicted molar refractivity (Wildman–Crippen MR) is 69.6 cm³/mol. The first-order valence-electron chi connectivity index (χ1n) is 5.71. The van der Waals surface area contributed by atoms with E-state index >= 15 is 0 Å². The molecule has 0 N–H and O–H groups in total. The predicted octanol–water partition coefficient (Wildman–Crippen LogP) is 3.65. The lowest BCUT2D eigenvalue weighted by molar-refractivity contribution is -0.137. The molecular weight excluding hydrogens is 309 g/mol. The molecule has 0 atom stereocenters. The first-order valence-corrected chi connectivity index (χ1v) is 6.09. The Hall–Kier alpha value is -2.28. The minimum Gasteiger partial charge on any atom is -0.407 e. The van der Waals surface area contributed by atoms with Gasteiger partial charge in [-0.15, -0.1) is 0 Å². The Balaban J connectivity index is 2.25. The molecule has 0 unspecified atom stereocenters. The lowest BCUT2D eigenvalue weighted by atomic mass is 10.2. The maximum Gasteiger partial charge on any atom is 0.425 e. The number of hydrogen-bond acceptors (Lipinski definition) is 3. The van der Waals surface area contributed by atoms with Gasteiger partial charge in [-0.05, 0) is 18.2 Å². The van der Waals surface area contributed by atoms with Crippen molar-refractivity contribution < 1.29 is 17.6 Å². The molecule has 0 bridgehead atoms. The number of aromatic nitrogens is 2. The number of rotatable bonds is 1. The van der Waals surface area contributed by atoms with Crippen LogP contribution in [0.4, 0.5) is 13.2 Å². The van der Waals surface area contributed by atoms with Gasteiger partial charge in [0, 0.05) is 6.20 Å². The molecule has 108 valence electrons. The SMILES string of the molecule is O=c1oc2ccccc2n1-c1ncc(C(F)(F)F)cc1Cl. The smallest absolute Gasteiger partial charge is 0.407 e. The molecule has 0 saturated carbocycles. The number of alkyl halides is 3. The summed E-state index contributed by atoms with van der Waals surface area (Å²) in [6, 6.07) is 7.18. The monoisotopic (exact) mass is 314 g/mol. The van der Waals surface area contributed by atoms with E-state index < -0.39 is 17.5 Å². The highest BCUT2D eigenvalue weighted by Crippen LogP contribution is 2.32. The third kappa shape index (κ3) is 2.29. The van der Waals surface area contributed by atoms with Crippen LogP contribution in [0.5, 0.6) is 0 Å². The van der Waals surface area contributed by atoms with Gasteiger partial charge >= 0.3 is 11.9 Å². The molecule has 21 heavy (non-hydrogen) atoms. The van der Waals surface area contributed by atoms with Crippen molar-refractivity contribution in [1.29, 1.82) is 0 Å². The van der Waals surface area contributed by atoms with Crippen LogP contribution in [0.2, 0.25) is 5.02 Å². The fraction of sp³-hybridized carbons (Fsp3) is 0.0769. The van der Waals surface area contributed by atoms with Gasteiger partial charge in [-0.2, -0.15) is 13.2 Å². The number of pyridine rings is 1. The zero-order chi connectivity index (χ0) is 15.2. The van der Waals surface area contributed by atoms with E-state index in [0.29, 0.717) is 17.3 Å². The molecule has 1 aromatic carbocycles. The highest BCUT2D eigenvalue weighted by atomic mass is 35.5. The molecule has 0 fully saturated rings. The molecule has 4 nitrogen and oxygen atoms in total. The van der Waals surface area contributed by atoms with Gasteiger partial charge in [0.25, 0.3) is 0 Å². The molecule has 0 aliphatic heterocycles. The summed E-state index contributed by atoms with van der Waals surface area (Å²) in [7, 11) is 0. The number of halogens is 4. The molecule has 0 amide bonds. The van der Waals surface area contributed by atoms with Gasteiger partial charge in [0.2, 0.25) is 0 Å². The second-order valence-corrected chi connectivity index (χ2v) is 4.61. The van der Waals surface area contributed by atoms with Crippen molar-refractivity contribution in [3.8, 4) is 5.82 Å². The Kier molecular flexibility index (Phi) is 3.02. The Morgan fingerprint density at radius 3 is 2.62 bits per heavy atom. The van der Waals surface area contributed by atoms with Crippen LogP contribution in [-0.2, 0) is 6.18 Å². The summed E-state index contributed by atoms with van der Waals surface area (Å²) in [4.78, 5) is 15.5. The number of fused-ring (bicyclic) bond motifs is 1. The molecule has 0 aliphatic carbocycles. The lowest BCUT2D eigenvalue weighted by Crippen LogP contribution is -2.15. The average Bonchev–Trinajstić information content (AvgIpc) is 2.74. The average molecular weight is 315 g/mol. The fourth-order valence-electron chi connectivity index (χ4n) is 1.92. The van der Waals surface area contributed by atoms with Crippen molar-refractivity contribution in [2.24, 2.45) is 0 Å². The van der Waals surface area contributed by atoms with E-state index in [1.807, 2.05) is 0 Å². The quantitative estimate of drug-likeness (QED) is 0.689. The number of benzene rings is 1. The molecule has 0 aliphatic rings. The third-order valence-electron chi connectivity index (χ3n) is 2.85. The van der Waals surface area contributed by atoms with Crippen LogP contribution in [0.15, 0.2) is 45.7 Å². The number of nitrogens with zero attached hydrogens (tertiary/aromatic N) is 2. The van der Waals surface area contributed by atoms with E-state index in [9.17, 15) is 18.0 Å². The van der Waals surface area contributed by atoms with Crippen molar-refractivity contribution in [3.63, 3.8) is 0 Å². The largest absolute Gasteiger partial charge is 0.425 e. The lowest BCUT2D eigenvalue weighted by Gasteiger charge is -2.09. The summed E-state index contributed by atoms with van der Waals surface area (Å²) in [5.41, 5.74) is -0.325. The molecule has 0 spiro atoms. The highest BCUT2D eigenvalue weighted by Gasteiger charge is 2.32. The van der Waals surface area contributed by atoms with Crippen LogP contribution in [0.25, 0.3) is 16.9 Å². The van der Waals surface area contributed by atoms with E-state index in [-0.39, 0.29) is 10.8 Å². The maximum atomic E-state index is 12.6. The van der Waals surface area contributed by atoms with E-state index in [1.54, 1.807) is 24.3 Å². The molecule has 3 rings (SSSR count). The van der Waals surface area contributed by atoms with Gasteiger partial charge in [-0.25, -0.2) is 14.3 Å². The van der Waals surface area contributed by atoms with Crippen LogP contribution >= 0.6 is 11.6 Å². The Morgan fingerprint density at radius 2 is 1.95 bits per heavy atom. The first-order chi connectivity index (χ1) is 9.88. The van der Waals surface area contributed by atoms with Crippen LogP contribution in [0, 0.1) is 0 Å². The summed E-state index contributed by atoms with van der Waals surface area (Å²) in [6.45, 7) is 0. The van der Waals surface area contributed by atoms with E-state index in [1.165, 1.54) is 0 Å². The van der Waals surface area contributed by atoms with Gasteiger partial charge in [0.15, 0.2) is 11.4 Å². The zero-order valence-electron chi connectivity index (χ0n) is 10.2. The minimum atomic E-state index is -4.56. The van der Waals surface area contributed by atoms with Crippen LogP contribution < -0.4 is 5.76 Å². The number of hydrogen-bond donors (Lipinski definition) is 0. The van der Waals surface area contributed by atoms with E-state index in [4.69, 9.17) is 16.0 Å². The van der Waals surface area contributed by atoms with Crippen LogP contribution in [-0.4, -0.2) is 9.55 Å². The fourth-order valence-corrected chi connectivity index (χ4v) is 2.17. The molecular formula is C13H6ClF3N2O2. The summed E-state index contributed by atoms with van der Waals surface area (Å²) in [5.74, 6) is -0.884. The van der Waals surface area contributed by atoms with Gasteiger partial charge in [0.05, 0.1) is 16.1 Å². The van der Waals surface area contributed by atoms with Crippen molar-refractivity contribution in [2.45, 2.75) is 6.18 Å². The standard InChI is InChI=1S/C13H6ClF3N2O2/c14-8-5-7(13(15,16)17)6-18-11(8)19-9-3-1-2-4-10(9)21-12(19)20/h1-6H. The number of oxazole rings is 1. The van der Waals surface area contributed by atoms with Crippen molar-refractivity contribution in [2.75, 3.05) is 0 Å². The molecule has 8 heteroatoms. The summed E-state index contributed by atoms with van der Waals surface area (Å²) < 4.78 is 43.8. The Bertz CT molecular complexity index is 883. The van der Waals surface area contributed by atoms with Crippen molar-refractivity contribution in [1.82, 2.24) is 9.55 Å². The molecule has 2 aromatic heterocycles. The maximum absolute atomic E-state index is 12.6. The molecule has 0 radical (unpaired) electrons. The minimum absolute atomic E-state index is 0.111. The molecule has 3 aromatic rings. The second kappa shape index (κ2) is 4.63. The Morgan fingerprint density at radius 1 is 1.24 bits per heavy atom. The van der Waals surface area contributed by atoms with Crippen LogP contribution in [0.1, 0.15) is 5.56 Å². The van der Waals surface area contributed by atoms with Crippen LogP contribution in [0.3, 0.4) is 0 Å². The third-order valence-corrected chi connectivity index (χ3v) is 3.13. The summed E-state index contributed by atoms with van der Waals surface area (Å²) in [5, 5.41) is -0.293. The van der Waals surface area contributed by atoms with Gasteiger partial charge < -0.3 is 4.42 Å². The highest BCUT2D eigenvalue weighted by molar-refractivity contribution is 6.32. The van der Waals surface area contributed by atoms with Crippen molar-refractivity contribution >= 4 is 22.7 Å². The number of para-hydroxylation sites is 2. The second-order valence-electron chi connectivity index (χ2n) is 4.20. The van der Waals surface area contributed by atoms with Gasteiger partial charge in [-0.1, -0.05) is 23.7 Å². The topological polar surface area (TPSA) is 48.0 Å². The molecule has 0 saturated heterocycles. The molecule has 2 heterocycles. The van der Waals surface area contributed by atoms with Gasteiger partial charge in [0.1, 0.15) is 0 Å². The summed E-state index contributed by atoms with van der Waals surface area (Å²) >= 11 is 5.84. The first kappa shape index (κ1) is 13.7.